The largest absolute Gasteiger partial charge is 0.326 e. The van der Waals surface area contributed by atoms with Gasteiger partial charge in [0.15, 0.2) is 5.78 Å². The smallest absolute Gasteiger partial charge is 0.228 e. The topological polar surface area (TPSA) is 67.2 Å². The normalized spacial score (nSPS) is 13.9. The van der Waals surface area contributed by atoms with E-state index in [2.05, 4.69) is 15.3 Å². The van der Waals surface area contributed by atoms with Crippen LogP contribution in [-0.4, -0.2) is 46.0 Å². The number of hydrogen-bond donors (Lipinski definition) is 1. The monoisotopic (exact) mass is 466 g/mol. The van der Waals surface area contributed by atoms with Crippen LogP contribution in [0.5, 0.6) is 0 Å². The standard InChI is InChI=1S/C29H30N4O2/c1-21(34)24-5-4-6-25(18-24)23-9-7-22(8-10-23)17-29(35)31-27-12-11-26-20-30-33(28(26)19-27)16-15-32-13-2-3-14-32/h4-12,18-20H,2-3,13-17H2,1H3,(H,31,35). The molecule has 0 unspecified atom stereocenters. The Hall–Kier alpha value is -3.77. The van der Waals surface area contributed by atoms with Gasteiger partial charge in [0.05, 0.1) is 24.7 Å². The maximum Gasteiger partial charge on any atom is 0.228 e. The summed E-state index contributed by atoms with van der Waals surface area (Å²) in [7, 11) is 0. The number of amides is 1. The predicted octanol–water partition coefficient (Wildman–Crippen LogP) is 5.18. The number of aromatic nitrogens is 2. The molecular weight excluding hydrogens is 436 g/mol. The number of Topliss-reactive ketones (excluding diaryl/α,β-unsaturated/α-hetero) is 1. The van der Waals surface area contributed by atoms with Gasteiger partial charge in [0.1, 0.15) is 0 Å². The summed E-state index contributed by atoms with van der Waals surface area (Å²) in [5.41, 5.74) is 5.46. The Kier molecular flexibility index (Phi) is 6.73. The van der Waals surface area contributed by atoms with Gasteiger partial charge in [-0.05, 0) is 73.8 Å². The maximum atomic E-state index is 12.7. The van der Waals surface area contributed by atoms with Crippen molar-refractivity contribution in [3.8, 4) is 11.1 Å². The molecule has 1 amide bonds. The van der Waals surface area contributed by atoms with E-state index in [-0.39, 0.29) is 11.7 Å². The molecule has 6 nitrogen and oxygen atoms in total. The predicted molar refractivity (Wildman–Crippen MR) is 140 cm³/mol. The van der Waals surface area contributed by atoms with Crippen molar-refractivity contribution in [3.63, 3.8) is 0 Å². The van der Waals surface area contributed by atoms with Gasteiger partial charge in [0.25, 0.3) is 0 Å². The fraction of sp³-hybridized carbons (Fsp3) is 0.276. The Bertz CT molecular complexity index is 1350. The minimum atomic E-state index is -0.0567. The summed E-state index contributed by atoms with van der Waals surface area (Å²) >= 11 is 0. The molecule has 5 rings (SSSR count). The SMILES string of the molecule is CC(=O)c1cccc(-c2ccc(CC(=O)Nc3ccc4cnn(CCN5CCCC5)c4c3)cc2)c1. The average Bonchev–Trinajstić information content (AvgIpc) is 3.53. The number of rotatable bonds is 8. The third-order valence-electron chi connectivity index (χ3n) is 6.68. The summed E-state index contributed by atoms with van der Waals surface area (Å²) in [5, 5.41) is 8.66. The molecular formula is C29H30N4O2. The molecule has 4 aromatic rings. The Morgan fingerprint density at radius 3 is 2.49 bits per heavy atom. The molecule has 2 heterocycles. The van der Waals surface area contributed by atoms with Gasteiger partial charge in [-0.25, -0.2) is 0 Å². The molecule has 6 heteroatoms. The van der Waals surface area contributed by atoms with E-state index < -0.39 is 0 Å². The van der Waals surface area contributed by atoms with Crippen LogP contribution in [0.25, 0.3) is 22.0 Å². The fourth-order valence-electron chi connectivity index (χ4n) is 4.69. The van der Waals surface area contributed by atoms with E-state index in [1.54, 1.807) is 6.92 Å². The summed E-state index contributed by atoms with van der Waals surface area (Å²) in [6, 6.07) is 21.5. The molecule has 0 radical (unpaired) electrons. The number of nitrogens with zero attached hydrogens (tertiary/aromatic N) is 3. The Morgan fingerprint density at radius 2 is 1.71 bits per heavy atom. The van der Waals surface area contributed by atoms with Gasteiger partial charge in [-0.2, -0.15) is 5.10 Å². The van der Waals surface area contributed by atoms with Crippen molar-refractivity contribution in [2.75, 3.05) is 25.0 Å². The number of fused-ring (bicyclic) bond motifs is 1. The zero-order valence-electron chi connectivity index (χ0n) is 20.0. The molecule has 1 fully saturated rings. The van der Waals surface area contributed by atoms with Crippen LogP contribution < -0.4 is 5.32 Å². The number of anilines is 1. The number of ketones is 1. The van der Waals surface area contributed by atoms with E-state index in [4.69, 9.17) is 0 Å². The Labute approximate surface area is 205 Å². The van der Waals surface area contributed by atoms with Gasteiger partial charge in [-0.15, -0.1) is 0 Å². The molecule has 0 spiro atoms. The molecule has 0 saturated carbocycles. The lowest BCUT2D eigenvalue weighted by Crippen LogP contribution is -2.24. The second kappa shape index (κ2) is 10.2. The first-order valence-corrected chi connectivity index (χ1v) is 12.2. The van der Waals surface area contributed by atoms with E-state index in [1.165, 1.54) is 25.9 Å². The fourth-order valence-corrected chi connectivity index (χ4v) is 4.69. The molecule has 178 valence electrons. The number of carbonyl (C=O) groups is 2. The molecule has 0 bridgehead atoms. The second-order valence-electron chi connectivity index (χ2n) is 9.25. The van der Waals surface area contributed by atoms with Crippen LogP contribution in [0.15, 0.2) is 72.9 Å². The van der Waals surface area contributed by atoms with E-state index in [1.807, 2.05) is 77.6 Å². The molecule has 0 aliphatic carbocycles. The molecule has 1 N–H and O–H groups in total. The van der Waals surface area contributed by atoms with Gasteiger partial charge in [-0.1, -0.05) is 42.5 Å². The van der Waals surface area contributed by atoms with Crippen LogP contribution in [0.1, 0.15) is 35.7 Å². The van der Waals surface area contributed by atoms with E-state index in [0.717, 1.165) is 46.4 Å². The lowest BCUT2D eigenvalue weighted by molar-refractivity contribution is -0.115. The highest BCUT2D eigenvalue weighted by Crippen LogP contribution is 2.23. The van der Waals surface area contributed by atoms with E-state index in [0.29, 0.717) is 12.0 Å². The lowest BCUT2D eigenvalue weighted by atomic mass is 10.00. The van der Waals surface area contributed by atoms with Crippen molar-refractivity contribution < 1.29 is 9.59 Å². The van der Waals surface area contributed by atoms with Crippen molar-refractivity contribution in [1.82, 2.24) is 14.7 Å². The molecule has 35 heavy (non-hydrogen) atoms. The lowest BCUT2D eigenvalue weighted by Gasteiger charge is -2.14. The maximum absolute atomic E-state index is 12.7. The minimum absolute atomic E-state index is 0.0490. The first kappa shape index (κ1) is 23.0. The highest BCUT2D eigenvalue weighted by molar-refractivity contribution is 5.96. The summed E-state index contributed by atoms with van der Waals surface area (Å²) in [4.78, 5) is 26.9. The number of nitrogens with one attached hydrogen (secondary N) is 1. The summed E-state index contributed by atoms with van der Waals surface area (Å²) < 4.78 is 2.03. The summed E-state index contributed by atoms with van der Waals surface area (Å²) in [6.45, 7) is 5.77. The van der Waals surface area contributed by atoms with Gasteiger partial charge < -0.3 is 10.2 Å². The van der Waals surface area contributed by atoms with Crippen LogP contribution in [0, 0.1) is 0 Å². The zero-order chi connectivity index (χ0) is 24.2. The Balaban J connectivity index is 1.22. The van der Waals surface area contributed by atoms with Crippen LogP contribution in [0.2, 0.25) is 0 Å². The number of benzene rings is 3. The first-order valence-electron chi connectivity index (χ1n) is 12.2. The number of likely N-dealkylation sites (tertiary alicyclic amines) is 1. The first-order chi connectivity index (χ1) is 17.0. The van der Waals surface area contributed by atoms with Gasteiger partial charge in [0, 0.05) is 23.2 Å². The van der Waals surface area contributed by atoms with Gasteiger partial charge >= 0.3 is 0 Å². The van der Waals surface area contributed by atoms with Gasteiger partial charge in [-0.3, -0.25) is 14.3 Å². The van der Waals surface area contributed by atoms with Gasteiger partial charge in [0.2, 0.25) is 5.91 Å². The van der Waals surface area contributed by atoms with Crippen molar-refractivity contribution >= 4 is 28.3 Å². The summed E-state index contributed by atoms with van der Waals surface area (Å²) in [6.07, 6.45) is 4.75. The molecule has 1 aliphatic rings. The minimum Gasteiger partial charge on any atom is -0.326 e. The number of carbonyl (C=O) groups excluding carboxylic acids is 2. The van der Waals surface area contributed by atoms with Crippen LogP contribution in [-0.2, 0) is 17.8 Å². The number of hydrogen-bond acceptors (Lipinski definition) is 4. The highest BCUT2D eigenvalue weighted by atomic mass is 16.1. The van der Waals surface area contributed by atoms with Crippen molar-refractivity contribution in [1.29, 1.82) is 0 Å². The zero-order valence-corrected chi connectivity index (χ0v) is 20.0. The van der Waals surface area contributed by atoms with E-state index >= 15 is 0 Å². The second-order valence-corrected chi connectivity index (χ2v) is 9.25. The van der Waals surface area contributed by atoms with Crippen LogP contribution in [0.3, 0.4) is 0 Å². The quantitative estimate of drug-likeness (QED) is 0.363. The molecule has 1 aliphatic heterocycles. The Morgan fingerprint density at radius 1 is 0.914 bits per heavy atom. The van der Waals surface area contributed by atoms with Crippen molar-refractivity contribution in [2.24, 2.45) is 0 Å². The molecule has 1 aromatic heterocycles. The summed E-state index contributed by atoms with van der Waals surface area (Å²) in [5.74, 6) is -0.00761. The highest BCUT2D eigenvalue weighted by Gasteiger charge is 2.13. The van der Waals surface area contributed by atoms with Crippen molar-refractivity contribution in [3.05, 3.63) is 84.1 Å². The van der Waals surface area contributed by atoms with E-state index in [9.17, 15) is 9.59 Å². The average molecular weight is 467 g/mol. The van der Waals surface area contributed by atoms with Crippen LogP contribution in [0.4, 0.5) is 5.69 Å². The van der Waals surface area contributed by atoms with Crippen molar-refractivity contribution in [2.45, 2.75) is 32.7 Å². The third-order valence-corrected chi connectivity index (χ3v) is 6.68. The van der Waals surface area contributed by atoms with Crippen LogP contribution >= 0.6 is 0 Å². The molecule has 3 aromatic carbocycles. The molecule has 0 atom stereocenters. The third kappa shape index (κ3) is 5.49. The molecule has 1 saturated heterocycles.